The first-order chi connectivity index (χ1) is 12.0. The summed E-state index contributed by atoms with van der Waals surface area (Å²) in [6.07, 6.45) is 3.77. The normalized spacial score (nSPS) is 16.7. The summed E-state index contributed by atoms with van der Waals surface area (Å²) in [6.45, 7) is 4.09. The molecule has 0 saturated carbocycles. The molecule has 1 atom stereocenters. The van der Waals surface area contributed by atoms with Crippen molar-refractivity contribution in [2.75, 3.05) is 28.7 Å². The minimum atomic E-state index is -0.205. The van der Waals surface area contributed by atoms with E-state index in [9.17, 15) is 9.59 Å². The topological polar surface area (TPSA) is 65.5 Å². The van der Waals surface area contributed by atoms with E-state index in [0.29, 0.717) is 5.69 Å². The Morgan fingerprint density at radius 1 is 1.36 bits per heavy atom. The van der Waals surface area contributed by atoms with Gasteiger partial charge in [-0.25, -0.2) is 0 Å². The van der Waals surface area contributed by atoms with Crippen molar-refractivity contribution in [3.8, 4) is 0 Å². The lowest BCUT2D eigenvalue weighted by molar-refractivity contribution is -0.118. The minimum absolute atomic E-state index is 0.0461. The van der Waals surface area contributed by atoms with Crippen molar-refractivity contribution in [1.29, 1.82) is 0 Å². The Hall–Kier alpha value is -2.89. The monoisotopic (exact) mass is 338 g/mol. The number of fused-ring (bicyclic) bond motifs is 1. The Bertz CT molecular complexity index is 806. The Kier molecular flexibility index (Phi) is 4.70. The molecular weight excluding hydrogens is 316 g/mol. The van der Waals surface area contributed by atoms with Gasteiger partial charge in [-0.1, -0.05) is 12.1 Å². The number of benzene rings is 1. The Balaban J connectivity index is 1.88. The standard InChI is InChI=1S/C19H22N4O2/c1-13-11-20-9-8-16(13)22(3)12-19(25)23-14(2)10-18(24)21-15-6-4-5-7-17(15)23/h4-9,11,14H,10,12H2,1-3H3,(H,21,24). The van der Waals surface area contributed by atoms with Gasteiger partial charge in [0.25, 0.3) is 0 Å². The van der Waals surface area contributed by atoms with E-state index < -0.39 is 0 Å². The molecule has 0 aliphatic carbocycles. The Morgan fingerprint density at radius 3 is 2.88 bits per heavy atom. The number of hydrogen-bond donors (Lipinski definition) is 1. The molecule has 1 aromatic heterocycles. The van der Waals surface area contributed by atoms with Gasteiger partial charge in [0.1, 0.15) is 0 Å². The number of rotatable bonds is 3. The maximum Gasteiger partial charge on any atom is 0.246 e. The molecule has 130 valence electrons. The number of pyridine rings is 1. The molecule has 1 aromatic carbocycles. The van der Waals surface area contributed by atoms with Crippen LogP contribution in [0.15, 0.2) is 42.7 Å². The van der Waals surface area contributed by atoms with Crippen LogP contribution in [-0.4, -0.2) is 36.4 Å². The van der Waals surface area contributed by atoms with Gasteiger partial charge in [-0.3, -0.25) is 14.6 Å². The second kappa shape index (κ2) is 6.93. The van der Waals surface area contributed by atoms with Crippen LogP contribution in [0.4, 0.5) is 17.1 Å². The van der Waals surface area contributed by atoms with E-state index in [0.717, 1.165) is 16.9 Å². The van der Waals surface area contributed by atoms with E-state index in [1.54, 1.807) is 17.3 Å². The summed E-state index contributed by atoms with van der Waals surface area (Å²) in [4.78, 5) is 32.8. The zero-order valence-corrected chi connectivity index (χ0v) is 14.7. The van der Waals surface area contributed by atoms with E-state index in [-0.39, 0.29) is 30.8 Å². The zero-order valence-electron chi connectivity index (χ0n) is 14.7. The molecule has 0 bridgehead atoms. The fourth-order valence-electron chi connectivity index (χ4n) is 3.23. The highest BCUT2D eigenvalue weighted by Crippen LogP contribution is 2.31. The van der Waals surface area contributed by atoms with Crippen molar-refractivity contribution >= 4 is 28.9 Å². The van der Waals surface area contributed by atoms with Crippen molar-refractivity contribution in [3.05, 3.63) is 48.3 Å². The molecule has 25 heavy (non-hydrogen) atoms. The summed E-state index contributed by atoms with van der Waals surface area (Å²) >= 11 is 0. The number of aromatic nitrogens is 1. The van der Waals surface area contributed by atoms with Crippen molar-refractivity contribution < 1.29 is 9.59 Å². The molecule has 1 unspecified atom stereocenters. The first-order valence-corrected chi connectivity index (χ1v) is 8.30. The largest absolute Gasteiger partial charge is 0.365 e. The Labute approximate surface area is 147 Å². The first-order valence-electron chi connectivity index (χ1n) is 8.30. The summed E-state index contributed by atoms with van der Waals surface area (Å²) in [5, 5.41) is 2.88. The molecule has 0 spiro atoms. The molecule has 3 rings (SSSR count). The van der Waals surface area contributed by atoms with Gasteiger partial charge in [0, 0.05) is 37.6 Å². The number of para-hydroxylation sites is 2. The summed E-state index contributed by atoms with van der Waals surface area (Å²) in [7, 11) is 1.89. The molecule has 2 heterocycles. The van der Waals surface area contributed by atoms with Gasteiger partial charge in [-0.05, 0) is 37.6 Å². The summed E-state index contributed by atoms with van der Waals surface area (Å²) in [6, 6.07) is 9.11. The van der Waals surface area contributed by atoms with Crippen LogP contribution < -0.4 is 15.1 Å². The van der Waals surface area contributed by atoms with Crippen LogP contribution >= 0.6 is 0 Å². The van der Waals surface area contributed by atoms with Crippen LogP contribution in [0.3, 0.4) is 0 Å². The molecule has 6 heteroatoms. The fourth-order valence-corrected chi connectivity index (χ4v) is 3.23. The third kappa shape index (κ3) is 3.47. The first kappa shape index (κ1) is 17.0. The van der Waals surface area contributed by atoms with E-state index >= 15 is 0 Å². The minimum Gasteiger partial charge on any atom is -0.365 e. The number of hydrogen-bond acceptors (Lipinski definition) is 4. The molecule has 0 saturated heterocycles. The Morgan fingerprint density at radius 2 is 2.12 bits per heavy atom. The number of amides is 2. The number of aryl methyl sites for hydroxylation is 1. The number of carbonyl (C=O) groups excluding carboxylic acids is 2. The molecule has 2 aromatic rings. The fraction of sp³-hybridized carbons (Fsp3) is 0.316. The molecule has 0 radical (unpaired) electrons. The molecule has 0 fully saturated rings. The van der Waals surface area contributed by atoms with Gasteiger partial charge in [-0.15, -0.1) is 0 Å². The SMILES string of the molecule is Cc1cnccc1N(C)CC(=O)N1c2ccccc2NC(=O)CC1C. The quantitative estimate of drug-likeness (QED) is 0.934. The van der Waals surface area contributed by atoms with Crippen LogP contribution in [0.1, 0.15) is 18.9 Å². The predicted molar refractivity (Wildman–Crippen MR) is 98.9 cm³/mol. The second-order valence-corrected chi connectivity index (χ2v) is 6.40. The lowest BCUT2D eigenvalue weighted by atomic mass is 10.1. The maximum absolute atomic E-state index is 13.1. The summed E-state index contributed by atoms with van der Waals surface area (Å²) in [5.41, 5.74) is 3.39. The van der Waals surface area contributed by atoms with Crippen LogP contribution in [0.25, 0.3) is 0 Å². The van der Waals surface area contributed by atoms with Gasteiger partial charge >= 0.3 is 0 Å². The maximum atomic E-state index is 13.1. The van der Waals surface area contributed by atoms with Crippen LogP contribution in [0.2, 0.25) is 0 Å². The van der Waals surface area contributed by atoms with Gasteiger partial charge in [-0.2, -0.15) is 0 Å². The van der Waals surface area contributed by atoms with Gasteiger partial charge < -0.3 is 15.1 Å². The smallest absolute Gasteiger partial charge is 0.246 e. The molecule has 1 N–H and O–H groups in total. The van der Waals surface area contributed by atoms with Crippen LogP contribution in [0, 0.1) is 6.92 Å². The van der Waals surface area contributed by atoms with Crippen molar-refractivity contribution in [2.24, 2.45) is 0 Å². The predicted octanol–water partition coefficient (Wildman–Crippen LogP) is 2.59. The highest BCUT2D eigenvalue weighted by molar-refractivity contribution is 6.05. The van der Waals surface area contributed by atoms with Crippen molar-refractivity contribution in [2.45, 2.75) is 26.3 Å². The molecule has 6 nitrogen and oxygen atoms in total. The lowest BCUT2D eigenvalue weighted by Gasteiger charge is -2.30. The summed E-state index contributed by atoms with van der Waals surface area (Å²) < 4.78 is 0. The molecule has 2 amide bonds. The highest BCUT2D eigenvalue weighted by Gasteiger charge is 2.30. The van der Waals surface area contributed by atoms with Crippen molar-refractivity contribution in [3.63, 3.8) is 0 Å². The highest BCUT2D eigenvalue weighted by atomic mass is 16.2. The van der Waals surface area contributed by atoms with Gasteiger partial charge in [0.2, 0.25) is 11.8 Å². The average Bonchev–Trinajstić information content (AvgIpc) is 2.69. The lowest BCUT2D eigenvalue weighted by Crippen LogP contribution is -2.44. The summed E-state index contributed by atoms with van der Waals surface area (Å²) in [5.74, 6) is -0.122. The molecule has 1 aliphatic heterocycles. The number of nitrogens with one attached hydrogen (secondary N) is 1. The van der Waals surface area contributed by atoms with Gasteiger partial charge in [0.15, 0.2) is 0 Å². The van der Waals surface area contributed by atoms with E-state index in [2.05, 4.69) is 10.3 Å². The van der Waals surface area contributed by atoms with E-state index in [1.807, 2.05) is 56.1 Å². The number of carbonyl (C=O) groups is 2. The van der Waals surface area contributed by atoms with Crippen LogP contribution in [-0.2, 0) is 9.59 Å². The van der Waals surface area contributed by atoms with Gasteiger partial charge in [0.05, 0.1) is 17.9 Å². The number of nitrogens with zero attached hydrogens (tertiary/aromatic N) is 3. The molecule has 1 aliphatic rings. The number of likely N-dealkylation sites (N-methyl/N-ethyl adjacent to an activating group) is 1. The average molecular weight is 338 g/mol. The molecular formula is C19H22N4O2. The van der Waals surface area contributed by atoms with E-state index in [1.165, 1.54) is 0 Å². The number of anilines is 3. The third-order valence-electron chi connectivity index (χ3n) is 4.40. The second-order valence-electron chi connectivity index (χ2n) is 6.40. The van der Waals surface area contributed by atoms with Crippen molar-refractivity contribution in [1.82, 2.24) is 4.98 Å². The zero-order chi connectivity index (χ0) is 18.0. The third-order valence-corrected chi connectivity index (χ3v) is 4.40. The van der Waals surface area contributed by atoms with Crippen LogP contribution in [0.5, 0.6) is 0 Å². The van der Waals surface area contributed by atoms with E-state index in [4.69, 9.17) is 0 Å².